The highest BCUT2D eigenvalue weighted by Gasteiger charge is 2.16. The summed E-state index contributed by atoms with van der Waals surface area (Å²) in [5.74, 6) is -0.455. The first-order valence-electron chi connectivity index (χ1n) is 9.51. The van der Waals surface area contributed by atoms with E-state index in [-0.39, 0.29) is 17.5 Å². The number of nitrogens with one attached hydrogen (secondary N) is 2. The number of fused-ring (bicyclic) bond motifs is 1. The topological polar surface area (TPSA) is 114 Å². The summed E-state index contributed by atoms with van der Waals surface area (Å²) in [5.41, 5.74) is 6.64. The smallest absolute Gasteiger partial charge is 0.248 e. The van der Waals surface area contributed by atoms with Gasteiger partial charge < -0.3 is 11.1 Å². The lowest BCUT2D eigenvalue weighted by Gasteiger charge is -2.12. The number of primary amides is 1. The zero-order chi connectivity index (χ0) is 21.6. The fraction of sp³-hybridized carbons (Fsp3) is 0.182. The van der Waals surface area contributed by atoms with Crippen LogP contribution in [0.25, 0.3) is 16.8 Å². The quantitative estimate of drug-likeness (QED) is 0.456. The second-order valence-electron chi connectivity index (χ2n) is 6.84. The van der Waals surface area contributed by atoms with Crippen LogP contribution >= 0.6 is 0 Å². The standard InChI is InChI=1S/C22H24N4O3S/c1-16(5-6-17-7-9-18(10-8-17)22(23)27)25-13-14-26-30(28,29)21-4-2-3-19-15-24-12-11-20(19)21/h2-12,15-16,25-26H,13-14H2,1H3,(H2,23,27). The minimum atomic E-state index is -3.62. The minimum Gasteiger partial charge on any atom is -0.366 e. The Morgan fingerprint density at radius 2 is 1.90 bits per heavy atom. The van der Waals surface area contributed by atoms with Crippen molar-refractivity contribution in [2.45, 2.75) is 17.9 Å². The van der Waals surface area contributed by atoms with E-state index >= 15 is 0 Å². The van der Waals surface area contributed by atoms with Crippen molar-refractivity contribution in [1.29, 1.82) is 0 Å². The van der Waals surface area contributed by atoms with Crippen LogP contribution in [0.4, 0.5) is 0 Å². The Kier molecular flexibility index (Phi) is 6.94. The number of rotatable bonds is 9. The Bertz CT molecular complexity index is 1150. The molecule has 0 radical (unpaired) electrons. The van der Waals surface area contributed by atoms with E-state index in [2.05, 4.69) is 15.0 Å². The van der Waals surface area contributed by atoms with Gasteiger partial charge in [-0.3, -0.25) is 9.78 Å². The number of benzene rings is 2. The number of hydrogen-bond donors (Lipinski definition) is 3. The maximum Gasteiger partial charge on any atom is 0.248 e. The molecule has 3 rings (SSSR count). The lowest BCUT2D eigenvalue weighted by atomic mass is 10.1. The summed E-state index contributed by atoms with van der Waals surface area (Å²) in [6.45, 7) is 2.70. The van der Waals surface area contributed by atoms with Crippen LogP contribution < -0.4 is 15.8 Å². The highest BCUT2D eigenvalue weighted by atomic mass is 32.2. The van der Waals surface area contributed by atoms with Gasteiger partial charge in [-0.25, -0.2) is 13.1 Å². The molecule has 0 aliphatic carbocycles. The van der Waals surface area contributed by atoms with E-state index in [0.29, 0.717) is 17.5 Å². The summed E-state index contributed by atoms with van der Waals surface area (Å²) in [6, 6.07) is 13.9. The van der Waals surface area contributed by atoms with E-state index in [1.54, 1.807) is 42.7 Å². The molecule has 8 heteroatoms. The first kappa shape index (κ1) is 21.6. The summed E-state index contributed by atoms with van der Waals surface area (Å²) in [4.78, 5) is 15.4. The molecule has 0 saturated heterocycles. The maximum atomic E-state index is 12.7. The van der Waals surface area contributed by atoms with Crippen molar-refractivity contribution in [3.8, 4) is 0 Å². The van der Waals surface area contributed by atoms with Crippen molar-refractivity contribution >= 4 is 32.8 Å². The van der Waals surface area contributed by atoms with Crippen molar-refractivity contribution in [3.63, 3.8) is 0 Å². The van der Waals surface area contributed by atoms with E-state index in [1.807, 2.05) is 37.3 Å². The highest BCUT2D eigenvalue weighted by molar-refractivity contribution is 7.89. The number of carbonyl (C=O) groups is 1. The number of amides is 1. The molecule has 1 aromatic heterocycles. The van der Waals surface area contributed by atoms with E-state index in [4.69, 9.17) is 5.73 Å². The maximum absolute atomic E-state index is 12.7. The molecular weight excluding hydrogens is 400 g/mol. The lowest BCUT2D eigenvalue weighted by Crippen LogP contribution is -2.35. The normalized spacial score (nSPS) is 13.0. The third kappa shape index (κ3) is 5.50. The third-order valence-corrected chi connectivity index (χ3v) is 6.11. The van der Waals surface area contributed by atoms with Gasteiger partial charge in [0.15, 0.2) is 0 Å². The van der Waals surface area contributed by atoms with Gasteiger partial charge in [0.2, 0.25) is 15.9 Å². The Labute approximate surface area is 176 Å². The van der Waals surface area contributed by atoms with E-state index in [9.17, 15) is 13.2 Å². The summed E-state index contributed by atoms with van der Waals surface area (Å²) < 4.78 is 28.0. The monoisotopic (exact) mass is 424 g/mol. The van der Waals surface area contributed by atoms with Gasteiger partial charge in [-0.05, 0) is 36.8 Å². The average Bonchev–Trinajstić information content (AvgIpc) is 2.75. The van der Waals surface area contributed by atoms with Crippen molar-refractivity contribution in [1.82, 2.24) is 15.0 Å². The molecule has 3 aromatic rings. The second kappa shape index (κ2) is 9.62. The molecule has 1 unspecified atom stereocenters. The van der Waals surface area contributed by atoms with Crippen LogP contribution in [0, 0.1) is 0 Å². The molecule has 30 heavy (non-hydrogen) atoms. The number of aromatic nitrogens is 1. The number of pyridine rings is 1. The van der Waals surface area contributed by atoms with Gasteiger partial charge in [0.1, 0.15) is 0 Å². The SMILES string of the molecule is CC(C=Cc1ccc(C(N)=O)cc1)NCCNS(=O)(=O)c1cccc2cnccc12. The Morgan fingerprint density at radius 3 is 2.63 bits per heavy atom. The van der Waals surface area contributed by atoms with Gasteiger partial charge in [0.05, 0.1) is 4.90 Å². The highest BCUT2D eigenvalue weighted by Crippen LogP contribution is 2.21. The molecule has 1 amide bonds. The molecule has 0 spiro atoms. The van der Waals surface area contributed by atoms with E-state index in [1.165, 1.54) is 0 Å². The number of nitrogens with two attached hydrogens (primary N) is 1. The van der Waals surface area contributed by atoms with Gasteiger partial charge in [0.25, 0.3) is 0 Å². The molecule has 0 aliphatic heterocycles. The molecule has 1 heterocycles. The lowest BCUT2D eigenvalue weighted by molar-refractivity contribution is 0.100. The molecule has 0 aliphatic rings. The largest absolute Gasteiger partial charge is 0.366 e. The number of hydrogen-bond acceptors (Lipinski definition) is 5. The van der Waals surface area contributed by atoms with E-state index in [0.717, 1.165) is 10.9 Å². The van der Waals surface area contributed by atoms with Crippen molar-refractivity contribution in [2.75, 3.05) is 13.1 Å². The third-order valence-electron chi connectivity index (χ3n) is 4.59. The predicted molar refractivity (Wildman–Crippen MR) is 118 cm³/mol. The molecule has 0 bridgehead atoms. The van der Waals surface area contributed by atoms with Crippen LogP contribution in [0.15, 0.2) is 71.9 Å². The fourth-order valence-corrected chi connectivity index (χ4v) is 4.23. The zero-order valence-corrected chi connectivity index (χ0v) is 17.4. The molecule has 156 valence electrons. The summed E-state index contributed by atoms with van der Waals surface area (Å²) in [5, 5.41) is 4.67. The molecule has 4 N–H and O–H groups in total. The summed E-state index contributed by atoms with van der Waals surface area (Å²) in [6.07, 6.45) is 7.12. The van der Waals surface area contributed by atoms with Crippen LogP contribution in [0.3, 0.4) is 0 Å². The predicted octanol–water partition coefficient (Wildman–Crippen LogP) is 2.30. The van der Waals surface area contributed by atoms with Crippen LogP contribution in [0.2, 0.25) is 0 Å². The number of nitrogens with zero attached hydrogens (tertiary/aromatic N) is 1. The average molecular weight is 425 g/mol. The van der Waals surface area contributed by atoms with Gasteiger partial charge >= 0.3 is 0 Å². The Balaban J connectivity index is 1.51. The molecule has 7 nitrogen and oxygen atoms in total. The Hall–Kier alpha value is -3.07. The van der Waals surface area contributed by atoms with E-state index < -0.39 is 15.9 Å². The molecule has 2 aromatic carbocycles. The molecule has 0 saturated carbocycles. The summed E-state index contributed by atoms with van der Waals surface area (Å²) in [7, 11) is -3.62. The van der Waals surface area contributed by atoms with Crippen LogP contribution in [0.1, 0.15) is 22.8 Å². The van der Waals surface area contributed by atoms with Crippen LogP contribution in [0.5, 0.6) is 0 Å². The van der Waals surface area contributed by atoms with Crippen molar-refractivity contribution < 1.29 is 13.2 Å². The van der Waals surface area contributed by atoms with Gasteiger partial charge in [-0.2, -0.15) is 0 Å². The fourth-order valence-electron chi connectivity index (χ4n) is 2.97. The van der Waals surface area contributed by atoms with Crippen LogP contribution in [-0.4, -0.2) is 38.4 Å². The second-order valence-corrected chi connectivity index (χ2v) is 8.57. The minimum absolute atomic E-state index is 0.0361. The zero-order valence-electron chi connectivity index (χ0n) is 16.6. The first-order chi connectivity index (χ1) is 14.4. The molecule has 0 fully saturated rings. The van der Waals surface area contributed by atoms with Gasteiger partial charge in [-0.1, -0.05) is 36.4 Å². The van der Waals surface area contributed by atoms with Crippen molar-refractivity contribution in [3.05, 3.63) is 78.1 Å². The molecule has 1 atom stereocenters. The van der Waals surface area contributed by atoms with Gasteiger partial charge in [0, 0.05) is 47.9 Å². The van der Waals surface area contributed by atoms with Crippen molar-refractivity contribution in [2.24, 2.45) is 5.73 Å². The van der Waals surface area contributed by atoms with Gasteiger partial charge in [-0.15, -0.1) is 0 Å². The number of sulfonamides is 1. The number of carbonyl (C=O) groups excluding carboxylic acids is 1. The van der Waals surface area contributed by atoms with Crippen LogP contribution in [-0.2, 0) is 10.0 Å². The first-order valence-corrected chi connectivity index (χ1v) is 11.0. The summed E-state index contributed by atoms with van der Waals surface area (Å²) >= 11 is 0. The Morgan fingerprint density at radius 1 is 1.13 bits per heavy atom. The molecular formula is C22H24N4O3S.